The van der Waals surface area contributed by atoms with Gasteiger partial charge < -0.3 is 10.6 Å². The molecule has 0 aliphatic carbocycles. The maximum absolute atomic E-state index is 8.92. The number of piperidine rings is 1. The van der Waals surface area contributed by atoms with Crippen molar-refractivity contribution in [2.75, 3.05) is 24.5 Å². The maximum atomic E-state index is 8.92. The highest BCUT2D eigenvalue weighted by Crippen LogP contribution is 2.28. The molecule has 1 atom stereocenters. The summed E-state index contributed by atoms with van der Waals surface area (Å²) in [6.45, 7) is 2.95. The summed E-state index contributed by atoms with van der Waals surface area (Å²) in [7, 11) is 0. The Morgan fingerprint density at radius 3 is 3.00 bits per heavy atom. The van der Waals surface area contributed by atoms with Gasteiger partial charge in [-0.3, -0.25) is 0 Å². The van der Waals surface area contributed by atoms with Crippen molar-refractivity contribution in [3.63, 3.8) is 0 Å². The van der Waals surface area contributed by atoms with Crippen LogP contribution in [0.4, 0.5) is 5.69 Å². The summed E-state index contributed by atoms with van der Waals surface area (Å²) >= 11 is 3.45. The molecule has 1 aliphatic heterocycles. The molecular formula is C14H18BrN3. The first-order valence-electron chi connectivity index (χ1n) is 6.39. The Bertz CT molecular complexity index is 451. The molecule has 1 aromatic carbocycles. The largest absolute Gasteiger partial charge is 0.371 e. The summed E-state index contributed by atoms with van der Waals surface area (Å²) in [6, 6.07) is 8.13. The smallest absolute Gasteiger partial charge is 0.100 e. The molecule has 96 valence electrons. The quantitative estimate of drug-likeness (QED) is 0.934. The van der Waals surface area contributed by atoms with Crippen LogP contribution in [0.15, 0.2) is 22.7 Å². The van der Waals surface area contributed by atoms with Crippen LogP contribution >= 0.6 is 15.9 Å². The number of nitrogens with zero attached hydrogens (tertiary/aromatic N) is 2. The standard InChI is InChI=1S/C14H18BrN3/c15-14-8-13(4-3-12(14)9-17)18-7-1-2-11(10-18)5-6-16/h3-4,8,11H,1-2,5-7,10,16H2. The van der Waals surface area contributed by atoms with E-state index < -0.39 is 0 Å². The van der Waals surface area contributed by atoms with Crippen LogP contribution in [-0.2, 0) is 0 Å². The second-order valence-electron chi connectivity index (χ2n) is 4.81. The molecule has 1 heterocycles. The summed E-state index contributed by atoms with van der Waals surface area (Å²) < 4.78 is 0.878. The first-order valence-corrected chi connectivity index (χ1v) is 7.18. The predicted octanol–water partition coefficient (Wildman–Crippen LogP) is 2.89. The van der Waals surface area contributed by atoms with E-state index in [2.05, 4.69) is 26.9 Å². The van der Waals surface area contributed by atoms with Gasteiger partial charge in [0, 0.05) is 23.2 Å². The normalized spacial score (nSPS) is 19.6. The zero-order chi connectivity index (χ0) is 13.0. The molecule has 0 saturated carbocycles. The highest BCUT2D eigenvalue weighted by molar-refractivity contribution is 9.10. The molecule has 1 saturated heterocycles. The molecule has 0 bridgehead atoms. The predicted molar refractivity (Wildman–Crippen MR) is 77.5 cm³/mol. The van der Waals surface area contributed by atoms with Crippen LogP contribution in [0.25, 0.3) is 0 Å². The van der Waals surface area contributed by atoms with Gasteiger partial charge in [0.15, 0.2) is 0 Å². The summed E-state index contributed by atoms with van der Waals surface area (Å²) in [5.41, 5.74) is 7.53. The Morgan fingerprint density at radius 1 is 1.50 bits per heavy atom. The lowest BCUT2D eigenvalue weighted by atomic mass is 9.94. The van der Waals surface area contributed by atoms with Crippen molar-refractivity contribution in [3.05, 3.63) is 28.2 Å². The maximum Gasteiger partial charge on any atom is 0.100 e. The summed E-state index contributed by atoms with van der Waals surface area (Å²) in [5, 5.41) is 8.92. The third kappa shape index (κ3) is 3.04. The van der Waals surface area contributed by atoms with E-state index in [1.54, 1.807) is 0 Å². The minimum atomic E-state index is 0.689. The molecule has 0 amide bonds. The fourth-order valence-corrected chi connectivity index (χ4v) is 3.02. The van der Waals surface area contributed by atoms with E-state index in [-0.39, 0.29) is 0 Å². The minimum absolute atomic E-state index is 0.689. The van der Waals surface area contributed by atoms with E-state index >= 15 is 0 Å². The summed E-state index contributed by atoms with van der Waals surface area (Å²) in [6.07, 6.45) is 3.61. The molecule has 0 aromatic heterocycles. The number of hydrogen-bond donors (Lipinski definition) is 1. The Hall–Kier alpha value is -1.05. The van der Waals surface area contributed by atoms with Crippen molar-refractivity contribution in [2.45, 2.75) is 19.3 Å². The zero-order valence-electron chi connectivity index (χ0n) is 10.4. The third-order valence-electron chi connectivity index (χ3n) is 3.53. The van der Waals surface area contributed by atoms with Crippen molar-refractivity contribution in [1.82, 2.24) is 0 Å². The van der Waals surface area contributed by atoms with E-state index in [4.69, 9.17) is 11.0 Å². The lowest BCUT2D eigenvalue weighted by molar-refractivity contribution is 0.396. The molecule has 3 nitrogen and oxygen atoms in total. The number of anilines is 1. The van der Waals surface area contributed by atoms with Crippen LogP contribution in [0, 0.1) is 17.2 Å². The van der Waals surface area contributed by atoms with Gasteiger partial charge in [-0.1, -0.05) is 0 Å². The molecule has 1 aliphatic rings. The van der Waals surface area contributed by atoms with Crippen LogP contribution in [0.5, 0.6) is 0 Å². The van der Waals surface area contributed by atoms with Gasteiger partial charge in [0.05, 0.1) is 5.56 Å². The van der Waals surface area contributed by atoms with Gasteiger partial charge in [0.1, 0.15) is 6.07 Å². The molecular weight excluding hydrogens is 290 g/mol. The molecule has 4 heteroatoms. The first-order chi connectivity index (χ1) is 8.74. The monoisotopic (exact) mass is 307 g/mol. The Labute approximate surface area is 117 Å². The molecule has 1 unspecified atom stereocenters. The zero-order valence-corrected chi connectivity index (χ0v) is 12.0. The van der Waals surface area contributed by atoms with E-state index in [0.717, 1.165) is 30.5 Å². The van der Waals surface area contributed by atoms with E-state index in [1.165, 1.54) is 18.5 Å². The molecule has 2 rings (SSSR count). The van der Waals surface area contributed by atoms with Crippen LogP contribution in [0.1, 0.15) is 24.8 Å². The number of benzene rings is 1. The van der Waals surface area contributed by atoms with E-state index in [9.17, 15) is 0 Å². The Kier molecular flexibility index (Phi) is 4.62. The van der Waals surface area contributed by atoms with E-state index in [1.807, 2.05) is 18.2 Å². The SMILES string of the molecule is N#Cc1ccc(N2CCCC(CCN)C2)cc1Br. The number of halogens is 1. The van der Waals surface area contributed by atoms with E-state index in [0.29, 0.717) is 11.5 Å². The number of hydrogen-bond acceptors (Lipinski definition) is 3. The molecule has 0 spiro atoms. The van der Waals surface area contributed by atoms with Crippen LogP contribution in [0.3, 0.4) is 0 Å². The Morgan fingerprint density at radius 2 is 2.33 bits per heavy atom. The van der Waals surface area contributed by atoms with Crippen molar-refractivity contribution < 1.29 is 0 Å². The minimum Gasteiger partial charge on any atom is -0.371 e. The van der Waals surface area contributed by atoms with Crippen molar-refractivity contribution >= 4 is 21.6 Å². The van der Waals surface area contributed by atoms with Crippen LogP contribution < -0.4 is 10.6 Å². The van der Waals surface area contributed by atoms with Gasteiger partial charge in [-0.15, -0.1) is 0 Å². The second-order valence-corrected chi connectivity index (χ2v) is 5.66. The molecule has 1 aromatic rings. The lowest BCUT2D eigenvalue weighted by Gasteiger charge is -2.34. The van der Waals surface area contributed by atoms with Crippen molar-refractivity contribution in [3.8, 4) is 6.07 Å². The van der Waals surface area contributed by atoms with Gasteiger partial charge in [-0.25, -0.2) is 0 Å². The molecule has 1 fully saturated rings. The third-order valence-corrected chi connectivity index (χ3v) is 4.19. The fourth-order valence-electron chi connectivity index (χ4n) is 2.56. The highest BCUT2D eigenvalue weighted by Gasteiger charge is 2.19. The lowest BCUT2D eigenvalue weighted by Crippen LogP contribution is -2.36. The van der Waals surface area contributed by atoms with Crippen LogP contribution in [0.2, 0.25) is 0 Å². The van der Waals surface area contributed by atoms with Crippen LogP contribution in [-0.4, -0.2) is 19.6 Å². The van der Waals surface area contributed by atoms with Gasteiger partial charge in [0.25, 0.3) is 0 Å². The first kappa shape index (κ1) is 13.4. The van der Waals surface area contributed by atoms with Crippen molar-refractivity contribution in [2.24, 2.45) is 11.7 Å². The van der Waals surface area contributed by atoms with Gasteiger partial charge in [0.2, 0.25) is 0 Å². The molecule has 0 radical (unpaired) electrons. The second kappa shape index (κ2) is 6.21. The molecule has 18 heavy (non-hydrogen) atoms. The van der Waals surface area contributed by atoms with Gasteiger partial charge >= 0.3 is 0 Å². The average molecular weight is 308 g/mol. The number of nitrogens with two attached hydrogens (primary N) is 1. The summed E-state index contributed by atoms with van der Waals surface area (Å²) in [4.78, 5) is 2.40. The average Bonchev–Trinajstić information content (AvgIpc) is 2.39. The number of nitriles is 1. The topological polar surface area (TPSA) is 53.0 Å². The number of rotatable bonds is 3. The van der Waals surface area contributed by atoms with Gasteiger partial charge in [-0.05, 0) is 65.9 Å². The fraction of sp³-hybridized carbons (Fsp3) is 0.500. The highest BCUT2D eigenvalue weighted by atomic mass is 79.9. The molecule has 2 N–H and O–H groups in total. The summed E-state index contributed by atoms with van der Waals surface area (Å²) in [5.74, 6) is 0.707. The van der Waals surface area contributed by atoms with Crippen molar-refractivity contribution in [1.29, 1.82) is 5.26 Å². The Balaban J connectivity index is 2.11. The van der Waals surface area contributed by atoms with Gasteiger partial charge in [-0.2, -0.15) is 5.26 Å².